The van der Waals surface area contributed by atoms with E-state index in [1.54, 1.807) is 0 Å². The summed E-state index contributed by atoms with van der Waals surface area (Å²) in [4.78, 5) is 14.5. The first-order valence-electron chi connectivity index (χ1n) is 6.31. The molecule has 1 aliphatic carbocycles. The van der Waals surface area contributed by atoms with E-state index in [1.807, 2.05) is 0 Å². The van der Waals surface area contributed by atoms with E-state index in [-0.39, 0.29) is 11.3 Å². The Bertz CT molecular complexity index is 320. The first-order valence-corrected chi connectivity index (χ1v) is 6.72. The van der Waals surface area contributed by atoms with Crippen molar-refractivity contribution in [1.82, 2.24) is 10.2 Å². The zero-order chi connectivity index (χ0) is 12.5. The Balaban J connectivity index is 1.74. The van der Waals surface area contributed by atoms with E-state index in [0.29, 0.717) is 17.6 Å². The number of thiocarbonyl (C=S) groups is 1. The summed E-state index contributed by atoms with van der Waals surface area (Å²) in [5.41, 5.74) is 5.74. The molecule has 0 spiro atoms. The third-order valence-corrected chi connectivity index (χ3v) is 4.36. The van der Waals surface area contributed by atoms with Gasteiger partial charge in [0, 0.05) is 11.5 Å². The summed E-state index contributed by atoms with van der Waals surface area (Å²) in [6.07, 6.45) is 4.20. The maximum Gasteiger partial charge on any atom is 0.234 e. The summed E-state index contributed by atoms with van der Waals surface area (Å²) in [6.45, 7) is 4.46. The lowest BCUT2D eigenvalue weighted by Crippen LogP contribution is -2.47. The number of rotatable bonds is 4. The molecule has 2 rings (SSSR count). The SMILES string of the molecule is CC1(C(N)=S)CCN(CC(=O)NC2CC2)CC1. The van der Waals surface area contributed by atoms with Crippen LogP contribution in [0.15, 0.2) is 0 Å². The van der Waals surface area contributed by atoms with Crippen LogP contribution in [0.25, 0.3) is 0 Å². The monoisotopic (exact) mass is 255 g/mol. The molecule has 0 bridgehead atoms. The van der Waals surface area contributed by atoms with Crippen molar-refractivity contribution in [2.24, 2.45) is 11.1 Å². The van der Waals surface area contributed by atoms with Gasteiger partial charge in [-0.25, -0.2) is 0 Å². The fourth-order valence-corrected chi connectivity index (χ4v) is 2.36. The van der Waals surface area contributed by atoms with E-state index in [4.69, 9.17) is 18.0 Å². The molecule has 5 heteroatoms. The van der Waals surface area contributed by atoms with Crippen LogP contribution in [0.4, 0.5) is 0 Å². The molecular weight excluding hydrogens is 234 g/mol. The quantitative estimate of drug-likeness (QED) is 0.724. The van der Waals surface area contributed by atoms with E-state index < -0.39 is 0 Å². The first-order chi connectivity index (χ1) is 7.99. The summed E-state index contributed by atoms with van der Waals surface area (Å²) in [7, 11) is 0. The number of piperidine rings is 1. The van der Waals surface area contributed by atoms with E-state index in [0.717, 1.165) is 38.8 Å². The summed E-state index contributed by atoms with van der Waals surface area (Å²) < 4.78 is 0. The lowest BCUT2D eigenvalue weighted by molar-refractivity contribution is -0.122. The molecule has 1 saturated heterocycles. The molecule has 17 heavy (non-hydrogen) atoms. The number of amides is 1. The minimum absolute atomic E-state index is 0.0151. The van der Waals surface area contributed by atoms with Gasteiger partial charge in [0.25, 0.3) is 0 Å². The Morgan fingerprint density at radius 3 is 2.53 bits per heavy atom. The zero-order valence-electron chi connectivity index (χ0n) is 10.4. The molecular formula is C12H21N3OS. The summed E-state index contributed by atoms with van der Waals surface area (Å²) in [5, 5.41) is 3.01. The highest BCUT2D eigenvalue weighted by molar-refractivity contribution is 7.80. The highest BCUT2D eigenvalue weighted by Gasteiger charge is 2.33. The molecule has 0 aromatic heterocycles. The summed E-state index contributed by atoms with van der Waals surface area (Å²) in [6, 6.07) is 0.453. The van der Waals surface area contributed by atoms with Gasteiger partial charge in [0.2, 0.25) is 5.91 Å². The number of nitrogens with one attached hydrogen (secondary N) is 1. The van der Waals surface area contributed by atoms with Crippen LogP contribution in [0, 0.1) is 5.41 Å². The highest BCUT2D eigenvalue weighted by atomic mass is 32.1. The van der Waals surface area contributed by atoms with Gasteiger partial charge in [0.05, 0.1) is 11.5 Å². The predicted octanol–water partition coefficient (Wildman–Crippen LogP) is 0.653. The average Bonchev–Trinajstić information content (AvgIpc) is 3.05. The molecule has 3 N–H and O–H groups in total. The Morgan fingerprint density at radius 2 is 2.06 bits per heavy atom. The minimum atomic E-state index is -0.0151. The highest BCUT2D eigenvalue weighted by Crippen LogP contribution is 2.30. The van der Waals surface area contributed by atoms with Gasteiger partial charge < -0.3 is 11.1 Å². The number of carbonyl (C=O) groups excluding carboxylic acids is 1. The first kappa shape index (κ1) is 12.8. The zero-order valence-corrected chi connectivity index (χ0v) is 11.2. The molecule has 1 heterocycles. The van der Waals surface area contributed by atoms with E-state index in [2.05, 4.69) is 17.1 Å². The molecule has 0 aromatic rings. The van der Waals surface area contributed by atoms with E-state index >= 15 is 0 Å². The summed E-state index contributed by atoms with van der Waals surface area (Å²) in [5.74, 6) is 0.159. The van der Waals surface area contributed by atoms with Crippen molar-refractivity contribution in [1.29, 1.82) is 0 Å². The van der Waals surface area contributed by atoms with Crippen LogP contribution in [-0.4, -0.2) is 41.5 Å². The largest absolute Gasteiger partial charge is 0.393 e. The molecule has 0 atom stereocenters. The molecule has 2 fully saturated rings. The maximum absolute atomic E-state index is 11.7. The topological polar surface area (TPSA) is 58.4 Å². The van der Waals surface area contributed by atoms with Gasteiger partial charge in [-0.05, 0) is 38.8 Å². The second-order valence-electron chi connectivity index (χ2n) is 5.54. The van der Waals surface area contributed by atoms with Crippen LogP contribution in [0.3, 0.4) is 0 Å². The lowest BCUT2D eigenvalue weighted by atomic mass is 9.80. The van der Waals surface area contributed by atoms with Gasteiger partial charge >= 0.3 is 0 Å². The van der Waals surface area contributed by atoms with Gasteiger partial charge in [-0.3, -0.25) is 9.69 Å². The second-order valence-corrected chi connectivity index (χ2v) is 5.98. The molecule has 0 radical (unpaired) electrons. The van der Waals surface area contributed by atoms with Crippen molar-refractivity contribution >= 4 is 23.1 Å². The van der Waals surface area contributed by atoms with Crippen LogP contribution in [0.5, 0.6) is 0 Å². The second kappa shape index (κ2) is 4.90. The summed E-state index contributed by atoms with van der Waals surface area (Å²) >= 11 is 5.10. The number of hydrogen-bond donors (Lipinski definition) is 2. The number of nitrogens with zero attached hydrogens (tertiary/aromatic N) is 1. The Hall–Kier alpha value is -0.680. The van der Waals surface area contributed by atoms with Crippen LogP contribution in [0.2, 0.25) is 0 Å². The normalized spacial score (nSPS) is 24.3. The molecule has 1 saturated carbocycles. The van der Waals surface area contributed by atoms with Gasteiger partial charge in [-0.1, -0.05) is 19.1 Å². The van der Waals surface area contributed by atoms with Crippen molar-refractivity contribution in [3.05, 3.63) is 0 Å². The number of nitrogens with two attached hydrogens (primary N) is 1. The van der Waals surface area contributed by atoms with E-state index in [9.17, 15) is 4.79 Å². The lowest BCUT2D eigenvalue weighted by Gasteiger charge is -2.38. The van der Waals surface area contributed by atoms with Crippen molar-refractivity contribution < 1.29 is 4.79 Å². The molecule has 0 unspecified atom stereocenters. The molecule has 2 aliphatic rings. The van der Waals surface area contributed by atoms with Gasteiger partial charge in [-0.15, -0.1) is 0 Å². The van der Waals surface area contributed by atoms with Crippen molar-refractivity contribution in [3.8, 4) is 0 Å². The number of likely N-dealkylation sites (tertiary alicyclic amines) is 1. The smallest absolute Gasteiger partial charge is 0.234 e. The van der Waals surface area contributed by atoms with Crippen molar-refractivity contribution in [2.75, 3.05) is 19.6 Å². The van der Waals surface area contributed by atoms with Crippen LogP contribution in [0.1, 0.15) is 32.6 Å². The Kier molecular flexibility index (Phi) is 3.68. The molecule has 1 amide bonds. The molecule has 96 valence electrons. The molecule has 0 aromatic carbocycles. The minimum Gasteiger partial charge on any atom is -0.393 e. The van der Waals surface area contributed by atoms with Gasteiger partial charge in [-0.2, -0.15) is 0 Å². The maximum atomic E-state index is 11.7. The van der Waals surface area contributed by atoms with Gasteiger partial charge in [0.15, 0.2) is 0 Å². The average molecular weight is 255 g/mol. The third kappa shape index (κ3) is 3.39. The molecule has 1 aliphatic heterocycles. The fraction of sp³-hybridized carbons (Fsp3) is 0.833. The number of hydrogen-bond acceptors (Lipinski definition) is 3. The van der Waals surface area contributed by atoms with E-state index in [1.165, 1.54) is 0 Å². The third-order valence-electron chi connectivity index (χ3n) is 3.86. The predicted molar refractivity (Wildman–Crippen MR) is 71.7 cm³/mol. The van der Waals surface area contributed by atoms with Crippen LogP contribution >= 0.6 is 12.2 Å². The number of carbonyl (C=O) groups is 1. The molecule has 4 nitrogen and oxygen atoms in total. The fourth-order valence-electron chi connectivity index (χ4n) is 2.16. The van der Waals surface area contributed by atoms with Crippen molar-refractivity contribution in [2.45, 2.75) is 38.6 Å². The van der Waals surface area contributed by atoms with Crippen LogP contribution in [-0.2, 0) is 4.79 Å². The Labute approximate surface area is 108 Å². The standard InChI is InChI=1S/C12H21N3OS/c1-12(11(13)17)4-6-15(7-5-12)8-10(16)14-9-2-3-9/h9H,2-8H2,1H3,(H2,13,17)(H,14,16). The Morgan fingerprint density at radius 1 is 1.47 bits per heavy atom. The van der Waals surface area contributed by atoms with Crippen molar-refractivity contribution in [3.63, 3.8) is 0 Å². The van der Waals surface area contributed by atoms with Gasteiger partial charge in [0.1, 0.15) is 0 Å². The van der Waals surface area contributed by atoms with Crippen LogP contribution < -0.4 is 11.1 Å².